The van der Waals surface area contributed by atoms with Gasteiger partial charge in [-0.05, 0) is 49.7 Å². The average molecular weight is 380 g/mol. The number of fused-ring (bicyclic) bond motifs is 2. The molecule has 3 aromatic rings. The zero-order valence-electron chi connectivity index (χ0n) is 15.7. The van der Waals surface area contributed by atoms with E-state index in [0.717, 1.165) is 17.4 Å². The highest BCUT2D eigenvalue weighted by molar-refractivity contribution is 5.98. The summed E-state index contributed by atoms with van der Waals surface area (Å²) < 4.78 is 22.3. The Kier molecular flexibility index (Phi) is 4.77. The summed E-state index contributed by atoms with van der Waals surface area (Å²) in [6.07, 6.45) is 0.803. The second-order valence-electron chi connectivity index (χ2n) is 6.74. The summed E-state index contributed by atoms with van der Waals surface area (Å²) >= 11 is 0. The molecular formula is C22H20O6. The van der Waals surface area contributed by atoms with Crippen molar-refractivity contribution in [3.63, 3.8) is 0 Å². The molecule has 2 heterocycles. The van der Waals surface area contributed by atoms with Gasteiger partial charge >= 0.3 is 5.63 Å². The number of hydrogen-bond acceptors (Lipinski definition) is 6. The molecule has 2 aromatic carbocycles. The fraction of sp³-hybridized carbons (Fsp3) is 0.273. The summed E-state index contributed by atoms with van der Waals surface area (Å²) in [6.45, 7) is 4.68. The minimum Gasteiger partial charge on any atom is -0.490 e. The van der Waals surface area contributed by atoms with Crippen LogP contribution in [0.25, 0.3) is 11.0 Å². The second kappa shape index (κ2) is 7.38. The van der Waals surface area contributed by atoms with Gasteiger partial charge in [-0.25, -0.2) is 4.79 Å². The minimum atomic E-state index is -0.409. The van der Waals surface area contributed by atoms with Gasteiger partial charge in [-0.2, -0.15) is 0 Å². The number of aryl methyl sites for hydroxylation is 2. The van der Waals surface area contributed by atoms with Crippen LogP contribution < -0.4 is 19.8 Å². The van der Waals surface area contributed by atoms with Gasteiger partial charge in [0.15, 0.2) is 23.9 Å². The van der Waals surface area contributed by atoms with Crippen LogP contribution in [0, 0.1) is 13.8 Å². The van der Waals surface area contributed by atoms with E-state index in [9.17, 15) is 9.59 Å². The second-order valence-corrected chi connectivity index (χ2v) is 6.74. The van der Waals surface area contributed by atoms with Crippen molar-refractivity contribution in [2.45, 2.75) is 20.3 Å². The molecule has 144 valence electrons. The molecule has 0 amide bonds. The molecule has 1 aliphatic rings. The van der Waals surface area contributed by atoms with Gasteiger partial charge in [-0.3, -0.25) is 4.79 Å². The molecule has 6 heteroatoms. The fourth-order valence-electron chi connectivity index (χ4n) is 3.22. The van der Waals surface area contributed by atoms with E-state index in [1.807, 2.05) is 13.0 Å². The first-order chi connectivity index (χ1) is 13.5. The molecule has 6 nitrogen and oxygen atoms in total. The summed E-state index contributed by atoms with van der Waals surface area (Å²) in [5.41, 5.74) is 2.08. The maximum Gasteiger partial charge on any atom is 0.336 e. The molecule has 0 radical (unpaired) electrons. The Balaban J connectivity index is 1.54. The number of carbonyl (C=O) groups is 1. The minimum absolute atomic E-state index is 0.137. The lowest BCUT2D eigenvalue weighted by molar-refractivity contribution is 0.0920. The predicted molar refractivity (Wildman–Crippen MR) is 104 cm³/mol. The number of ether oxygens (including phenoxy) is 3. The van der Waals surface area contributed by atoms with Gasteiger partial charge in [-0.1, -0.05) is 0 Å². The zero-order chi connectivity index (χ0) is 19.7. The maximum absolute atomic E-state index is 12.6. The highest BCUT2D eigenvalue weighted by Gasteiger charge is 2.16. The average Bonchev–Trinajstić information content (AvgIpc) is 2.92. The molecule has 1 aromatic heterocycles. The van der Waals surface area contributed by atoms with Crippen molar-refractivity contribution in [3.8, 4) is 17.2 Å². The third kappa shape index (κ3) is 3.45. The Morgan fingerprint density at radius 1 is 1.04 bits per heavy atom. The van der Waals surface area contributed by atoms with Gasteiger partial charge in [0.1, 0.15) is 11.3 Å². The predicted octanol–water partition coefficient (Wildman–Crippen LogP) is 3.83. The van der Waals surface area contributed by atoms with E-state index in [4.69, 9.17) is 18.6 Å². The number of ketones is 1. The first kappa shape index (κ1) is 18.1. The highest BCUT2D eigenvalue weighted by atomic mass is 16.5. The molecule has 0 bridgehead atoms. The quantitative estimate of drug-likeness (QED) is 0.506. The van der Waals surface area contributed by atoms with Crippen LogP contribution in [0.1, 0.15) is 27.9 Å². The summed E-state index contributed by atoms with van der Waals surface area (Å²) in [4.78, 5) is 24.3. The van der Waals surface area contributed by atoms with E-state index in [0.29, 0.717) is 47.2 Å². The van der Waals surface area contributed by atoms with Crippen LogP contribution in [0.4, 0.5) is 0 Å². The smallest absolute Gasteiger partial charge is 0.336 e. The molecule has 28 heavy (non-hydrogen) atoms. The van der Waals surface area contributed by atoms with E-state index in [1.165, 1.54) is 6.07 Å². The third-order valence-electron chi connectivity index (χ3n) is 4.75. The number of benzene rings is 2. The van der Waals surface area contributed by atoms with Gasteiger partial charge in [0.25, 0.3) is 0 Å². The SMILES string of the molecule is Cc1cc(=O)oc2c(C)c(OCC(=O)c3ccc4c(c3)OCCCO4)ccc12. The van der Waals surface area contributed by atoms with Crippen LogP contribution in [0.5, 0.6) is 17.2 Å². The van der Waals surface area contributed by atoms with Crippen molar-refractivity contribution >= 4 is 16.8 Å². The summed E-state index contributed by atoms with van der Waals surface area (Å²) in [5.74, 6) is 1.54. The molecule has 0 unspecified atom stereocenters. The van der Waals surface area contributed by atoms with Crippen LogP contribution in [0.2, 0.25) is 0 Å². The Labute approximate surface area is 161 Å². The van der Waals surface area contributed by atoms with Gasteiger partial charge in [0.2, 0.25) is 0 Å². The molecule has 0 aliphatic carbocycles. The van der Waals surface area contributed by atoms with E-state index < -0.39 is 5.63 Å². The van der Waals surface area contributed by atoms with Crippen molar-refractivity contribution in [1.29, 1.82) is 0 Å². The monoisotopic (exact) mass is 380 g/mol. The Morgan fingerprint density at radius 3 is 2.64 bits per heavy atom. The summed E-state index contributed by atoms with van der Waals surface area (Å²) in [7, 11) is 0. The lowest BCUT2D eigenvalue weighted by atomic mass is 10.1. The van der Waals surface area contributed by atoms with E-state index >= 15 is 0 Å². The molecule has 0 fully saturated rings. The molecule has 0 N–H and O–H groups in total. The van der Waals surface area contributed by atoms with Gasteiger partial charge in [-0.15, -0.1) is 0 Å². The Morgan fingerprint density at radius 2 is 1.82 bits per heavy atom. The topological polar surface area (TPSA) is 75.0 Å². The lowest BCUT2D eigenvalue weighted by Crippen LogP contribution is -2.12. The van der Waals surface area contributed by atoms with Crippen molar-refractivity contribution in [2.75, 3.05) is 19.8 Å². The largest absolute Gasteiger partial charge is 0.490 e. The molecular weight excluding hydrogens is 360 g/mol. The standard InChI is InChI=1S/C22H20O6/c1-13-10-21(24)28-22-14(2)18(7-5-16(13)22)27-12-17(23)15-4-6-19-20(11-15)26-9-3-8-25-19/h4-7,10-11H,3,8-9,12H2,1-2H3. The molecule has 0 saturated carbocycles. The van der Waals surface area contributed by atoms with Crippen molar-refractivity contribution in [2.24, 2.45) is 0 Å². The number of Topliss-reactive ketones (excluding diaryl/α,β-unsaturated/α-hetero) is 1. The van der Waals surface area contributed by atoms with Gasteiger partial charge < -0.3 is 18.6 Å². The Bertz CT molecular complexity index is 1110. The van der Waals surface area contributed by atoms with E-state index in [2.05, 4.69) is 0 Å². The first-order valence-electron chi connectivity index (χ1n) is 9.12. The van der Waals surface area contributed by atoms with E-state index in [1.54, 1.807) is 31.2 Å². The molecule has 0 spiro atoms. The van der Waals surface area contributed by atoms with Crippen LogP contribution in [-0.2, 0) is 0 Å². The number of carbonyl (C=O) groups excluding carboxylic acids is 1. The summed E-state index contributed by atoms with van der Waals surface area (Å²) in [5, 5.41) is 0.846. The van der Waals surface area contributed by atoms with Crippen molar-refractivity contribution < 1.29 is 23.4 Å². The molecule has 1 aliphatic heterocycles. The Hall–Kier alpha value is -3.28. The van der Waals surface area contributed by atoms with Crippen molar-refractivity contribution in [3.05, 3.63) is 63.5 Å². The fourth-order valence-corrected chi connectivity index (χ4v) is 3.22. The van der Waals surface area contributed by atoms with E-state index in [-0.39, 0.29) is 12.4 Å². The van der Waals surface area contributed by atoms with Crippen LogP contribution >= 0.6 is 0 Å². The van der Waals surface area contributed by atoms with Crippen LogP contribution in [0.15, 0.2) is 45.6 Å². The van der Waals surface area contributed by atoms with Crippen LogP contribution in [-0.4, -0.2) is 25.6 Å². The van der Waals surface area contributed by atoms with Gasteiger partial charge in [0, 0.05) is 29.0 Å². The number of hydrogen-bond donors (Lipinski definition) is 0. The molecule has 4 rings (SSSR count). The van der Waals surface area contributed by atoms with Crippen molar-refractivity contribution in [1.82, 2.24) is 0 Å². The zero-order valence-corrected chi connectivity index (χ0v) is 15.7. The van der Waals surface area contributed by atoms with Crippen LogP contribution in [0.3, 0.4) is 0 Å². The summed E-state index contributed by atoms with van der Waals surface area (Å²) in [6, 6.07) is 10.2. The highest BCUT2D eigenvalue weighted by Crippen LogP contribution is 2.31. The third-order valence-corrected chi connectivity index (χ3v) is 4.75. The lowest BCUT2D eigenvalue weighted by Gasteiger charge is -2.12. The maximum atomic E-state index is 12.6. The molecule has 0 saturated heterocycles. The normalized spacial score (nSPS) is 13.2. The number of rotatable bonds is 4. The van der Waals surface area contributed by atoms with Gasteiger partial charge in [0.05, 0.1) is 13.2 Å². The first-order valence-corrected chi connectivity index (χ1v) is 9.12. The molecule has 0 atom stereocenters.